The van der Waals surface area contributed by atoms with Gasteiger partial charge in [-0.1, -0.05) is 30.2 Å². The van der Waals surface area contributed by atoms with Gasteiger partial charge in [0.1, 0.15) is 0 Å². The molecule has 3 nitrogen and oxygen atoms in total. The van der Waals surface area contributed by atoms with Crippen LogP contribution in [0.2, 0.25) is 5.02 Å². The first-order valence-electron chi connectivity index (χ1n) is 8.50. The highest BCUT2D eigenvalue weighted by Crippen LogP contribution is 2.49. The van der Waals surface area contributed by atoms with Crippen LogP contribution in [0.5, 0.6) is 0 Å². The van der Waals surface area contributed by atoms with Crippen LogP contribution in [-0.4, -0.2) is 36.0 Å². The number of hydrogen-bond acceptors (Lipinski definition) is 2. The molecule has 1 aromatic carbocycles. The number of fused-ring (bicyclic) bond motifs is 1. The Bertz CT molecular complexity index is 584. The quantitative estimate of drug-likeness (QED) is 0.928. The SMILES string of the molecule is O=C(N[C@H]1CCN2CCCC[C@H]12)C1(c2cccc(Cl)c2)CC1. The van der Waals surface area contributed by atoms with Gasteiger partial charge in [-0.15, -0.1) is 0 Å². The number of benzene rings is 1. The molecule has 1 N–H and O–H groups in total. The molecule has 2 aliphatic heterocycles. The van der Waals surface area contributed by atoms with Gasteiger partial charge < -0.3 is 5.32 Å². The predicted octanol–water partition coefficient (Wildman–Crippen LogP) is 3.11. The average Bonchev–Trinajstić information content (AvgIpc) is 3.25. The second-order valence-corrected chi connectivity index (χ2v) is 7.50. The first kappa shape index (κ1) is 14.5. The topological polar surface area (TPSA) is 32.3 Å². The highest BCUT2D eigenvalue weighted by Gasteiger charge is 2.52. The Morgan fingerprint density at radius 2 is 2.09 bits per heavy atom. The molecular weight excluding hydrogens is 296 g/mol. The number of halogens is 1. The van der Waals surface area contributed by atoms with Gasteiger partial charge in [0.25, 0.3) is 0 Å². The van der Waals surface area contributed by atoms with Crippen LogP contribution in [0.15, 0.2) is 24.3 Å². The Balaban J connectivity index is 1.48. The molecule has 0 bridgehead atoms. The molecule has 3 aliphatic rings. The summed E-state index contributed by atoms with van der Waals surface area (Å²) in [6.07, 6.45) is 6.83. The Morgan fingerprint density at radius 3 is 2.86 bits per heavy atom. The lowest BCUT2D eigenvalue weighted by molar-refractivity contribution is -0.124. The molecule has 1 saturated carbocycles. The third-order valence-electron chi connectivity index (χ3n) is 5.73. The second-order valence-electron chi connectivity index (χ2n) is 7.06. The molecule has 4 heteroatoms. The van der Waals surface area contributed by atoms with Gasteiger partial charge in [0, 0.05) is 23.7 Å². The monoisotopic (exact) mass is 318 g/mol. The fraction of sp³-hybridized carbons (Fsp3) is 0.611. The van der Waals surface area contributed by atoms with Gasteiger partial charge in [0.05, 0.1) is 5.41 Å². The summed E-state index contributed by atoms with van der Waals surface area (Å²) in [5, 5.41) is 4.09. The van der Waals surface area contributed by atoms with Crippen LogP contribution in [0.1, 0.15) is 44.1 Å². The van der Waals surface area contributed by atoms with Crippen LogP contribution in [0, 0.1) is 0 Å². The van der Waals surface area contributed by atoms with E-state index in [-0.39, 0.29) is 11.3 Å². The van der Waals surface area contributed by atoms with E-state index in [9.17, 15) is 4.79 Å². The van der Waals surface area contributed by atoms with E-state index in [2.05, 4.69) is 10.2 Å². The average molecular weight is 319 g/mol. The zero-order valence-corrected chi connectivity index (χ0v) is 13.6. The van der Waals surface area contributed by atoms with Gasteiger partial charge in [-0.05, 0) is 56.3 Å². The fourth-order valence-electron chi connectivity index (χ4n) is 4.28. The molecule has 1 aliphatic carbocycles. The van der Waals surface area contributed by atoms with Gasteiger partial charge in [-0.3, -0.25) is 9.69 Å². The normalized spacial score (nSPS) is 29.9. The third-order valence-corrected chi connectivity index (χ3v) is 5.97. The lowest BCUT2D eigenvalue weighted by Gasteiger charge is -2.33. The van der Waals surface area contributed by atoms with Crippen molar-refractivity contribution in [2.45, 2.75) is 56.0 Å². The van der Waals surface area contributed by atoms with Gasteiger partial charge in [-0.25, -0.2) is 0 Å². The van der Waals surface area contributed by atoms with E-state index < -0.39 is 0 Å². The van der Waals surface area contributed by atoms with Gasteiger partial charge >= 0.3 is 0 Å². The van der Waals surface area contributed by atoms with Crippen molar-refractivity contribution in [3.8, 4) is 0 Å². The minimum Gasteiger partial charge on any atom is -0.351 e. The van der Waals surface area contributed by atoms with Gasteiger partial charge in [0.15, 0.2) is 0 Å². The van der Waals surface area contributed by atoms with Crippen molar-refractivity contribution in [1.29, 1.82) is 0 Å². The lowest BCUT2D eigenvalue weighted by Crippen LogP contribution is -2.49. The van der Waals surface area contributed by atoms with Crippen molar-refractivity contribution >= 4 is 17.5 Å². The first-order chi connectivity index (χ1) is 10.7. The zero-order valence-electron chi connectivity index (χ0n) is 12.9. The third kappa shape index (κ3) is 2.44. The molecule has 0 unspecified atom stereocenters. The van der Waals surface area contributed by atoms with Crippen molar-refractivity contribution in [3.05, 3.63) is 34.9 Å². The van der Waals surface area contributed by atoms with Crippen LogP contribution < -0.4 is 5.32 Å². The minimum atomic E-state index is -0.313. The van der Waals surface area contributed by atoms with Crippen LogP contribution in [0.4, 0.5) is 0 Å². The van der Waals surface area contributed by atoms with Gasteiger partial charge in [-0.2, -0.15) is 0 Å². The number of carbonyl (C=O) groups is 1. The molecule has 0 radical (unpaired) electrons. The lowest BCUT2D eigenvalue weighted by atomic mass is 9.93. The van der Waals surface area contributed by atoms with Crippen molar-refractivity contribution in [2.75, 3.05) is 13.1 Å². The Kier molecular flexibility index (Phi) is 3.66. The summed E-state index contributed by atoms with van der Waals surface area (Å²) in [6.45, 7) is 2.34. The zero-order chi connectivity index (χ0) is 15.2. The molecule has 2 heterocycles. The van der Waals surface area contributed by atoms with E-state index in [1.165, 1.54) is 25.8 Å². The van der Waals surface area contributed by atoms with E-state index in [0.717, 1.165) is 36.4 Å². The van der Waals surface area contributed by atoms with Crippen LogP contribution in [0.25, 0.3) is 0 Å². The van der Waals surface area contributed by atoms with Crippen LogP contribution >= 0.6 is 11.6 Å². The molecular formula is C18H23ClN2O. The first-order valence-corrected chi connectivity index (χ1v) is 8.88. The number of amides is 1. The molecule has 0 aromatic heterocycles. The summed E-state index contributed by atoms with van der Waals surface area (Å²) in [6, 6.07) is 8.71. The van der Waals surface area contributed by atoms with Crippen molar-refractivity contribution in [3.63, 3.8) is 0 Å². The highest BCUT2D eigenvalue weighted by atomic mass is 35.5. The molecule has 0 spiro atoms. The summed E-state index contributed by atoms with van der Waals surface area (Å²) in [5.41, 5.74) is 0.767. The molecule has 4 rings (SSSR count). The summed E-state index contributed by atoms with van der Waals surface area (Å²) < 4.78 is 0. The Morgan fingerprint density at radius 1 is 1.23 bits per heavy atom. The summed E-state index contributed by atoms with van der Waals surface area (Å²) in [5.74, 6) is 0.215. The molecule has 1 aromatic rings. The Hall–Kier alpha value is -1.06. The van der Waals surface area contributed by atoms with Crippen molar-refractivity contribution < 1.29 is 4.79 Å². The molecule has 22 heavy (non-hydrogen) atoms. The maximum atomic E-state index is 12.9. The molecule has 3 fully saturated rings. The number of carbonyl (C=O) groups excluding carboxylic acids is 1. The van der Waals surface area contributed by atoms with E-state index in [1.807, 2.05) is 24.3 Å². The predicted molar refractivity (Wildman–Crippen MR) is 88.1 cm³/mol. The second kappa shape index (κ2) is 5.54. The standard InChI is InChI=1S/C18H23ClN2O/c19-14-5-3-4-13(12-14)18(8-9-18)17(22)20-15-7-11-21-10-2-1-6-16(15)21/h3-5,12,15-16H,1-2,6-11H2,(H,20,22)/t15-,16+/m0/s1. The minimum absolute atomic E-state index is 0.215. The van der Waals surface area contributed by atoms with E-state index in [1.54, 1.807) is 0 Å². The smallest absolute Gasteiger partial charge is 0.230 e. The molecule has 2 atom stereocenters. The number of nitrogens with zero attached hydrogens (tertiary/aromatic N) is 1. The number of nitrogens with one attached hydrogen (secondary N) is 1. The van der Waals surface area contributed by atoms with Crippen molar-refractivity contribution in [2.24, 2.45) is 0 Å². The molecule has 1 amide bonds. The van der Waals surface area contributed by atoms with Crippen LogP contribution in [-0.2, 0) is 10.2 Å². The Labute approximate surface area is 137 Å². The summed E-state index contributed by atoms with van der Waals surface area (Å²) >= 11 is 6.11. The van der Waals surface area contributed by atoms with Crippen molar-refractivity contribution in [1.82, 2.24) is 10.2 Å². The van der Waals surface area contributed by atoms with Crippen LogP contribution in [0.3, 0.4) is 0 Å². The van der Waals surface area contributed by atoms with E-state index in [0.29, 0.717) is 12.1 Å². The number of rotatable bonds is 3. The van der Waals surface area contributed by atoms with Gasteiger partial charge in [0.2, 0.25) is 5.91 Å². The largest absolute Gasteiger partial charge is 0.351 e. The highest BCUT2D eigenvalue weighted by molar-refractivity contribution is 6.30. The molecule has 2 saturated heterocycles. The van der Waals surface area contributed by atoms with E-state index in [4.69, 9.17) is 11.6 Å². The number of hydrogen-bond donors (Lipinski definition) is 1. The maximum Gasteiger partial charge on any atom is 0.230 e. The fourth-order valence-corrected chi connectivity index (χ4v) is 4.47. The van der Waals surface area contributed by atoms with E-state index >= 15 is 0 Å². The summed E-state index contributed by atoms with van der Waals surface area (Å²) in [4.78, 5) is 15.5. The number of piperidine rings is 1. The summed E-state index contributed by atoms with van der Waals surface area (Å²) in [7, 11) is 0. The maximum absolute atomic E-state index is 12.9. The molecule has 118 valence electrons.